The normalized spacial score (nSPS) is 10.2. The van der Waals surface area contributed by atoms with Gasteiger partial charge in [0.05, 0.1) is 10.7 Å². The van der Waals surface area contributed by atoms with Crippen LogP contribution in [0.5, 0.6) is 0 Å². The molecule has 0 unspecified atom stereocenters. The summed E-state index contributed by atoms with van der Waals surface area (Å²) < 4.78 is 1.99. The SMILES string of the molecule is Cc1cc(NC(=S)Nc2ccc(Br)cc2Cl)ccc1Br. The molecule has 104 valence electrons. The molecule has 0 aromatic heterocycles. The molecule has 2 N–H and O–H groups in total. The summed E-state index contributed by atoms with van der Waals surface area (Å²) in [5, 5.41) is 7.31. The average molecular weight is 435 g/mol. The molecule has 0 aliphatic rings. The zero-order valence-electron chi connectivity index (χ0n) is 10.5. The number of benzene rings is 2. The number of halogens is 3. The number of rotatable bonds is 2. The minimum Gasteiger partial charge on any atom is -0.332 e. The first kappa shape index (κ1) is 15.8. The Kier molecular flexibility index (Phi) is 5.43. The Labute approximate surface area is 145 Å². The summed E-state index contributed by atoms with van der Waals surface area (Å²) in [5.41, 5.74) is 2.83. The summed E-state index contributed by atoms with van der Waals surface area (Å²) in [4.78, 5) is 0. The number of hydrogen-bond acceptors (Lipinski definition) is 1. The van der Waals surface area contributed by atoms with Crippen molar-refractivity contribution in [2.45, 2.75) is 6.92 Å². The standard InChI is InChI=1S/C14H11Br2ClN2S/c1-8-6-10(3-4-11(8)16)18-14(20)19-13-5-2-9(15)7-12(13)17/h2-7H,1H3,(H2,18,19,20). The van der Waals surface area contributed by atoms with Gasteiger partial charge in [0.15, 0.2) is 5.11 Å². The Bertz CT molecular complexity index is 662. The molecule has 0 fully saturated rings. The zero-order chi connectivity index (χ0) is 14.7. The fourth-order valence-electron chi connectivity index (χ4n) is 1.60. The molecule has 0 aliphatic heterocycles. The van der Waals surface area contributed by atoms with Crippen molar-refractivity contribution in [2.75, 3.05) is 10.6 Å². The molecule has 2 nitrogen and oxygen atoms in total. The van der Waals surface area contributed by atoms with Gasteiger partial charge in [-0.25, -0.2) is 0 Å². The summed E-state index contributed by atoms with van der Waals surface area (Å²) in [6.07, 6.45) is 0. The molecular formula is C14H11Br2ClN2S. The van der Waals surface area contributed by atoms with Crippen molar-refractivity contribution >= 4 is 72.2 Å². The smallest absolute Gasteiger partial charge is 0.175 e. The molecule has 0 saturated heterocycles. The molecule has 0 amide bonds. The van der Waals surface area contributed by atoms with E-state index < -0.39 is 0 Å². The van der Waals surface area contributed by atoms with Gasteiger partial charge in [-0.15, -0.1) is 0 Å². The van der Waals surface area contributed by atoms with Gasteiger partial charge in [-0.3, -0.25) is 0 Å². The second kappa shape index (κ2) is 6.89. The minimum absolute atomic E-state index is 0.496. The van der Waals surface area contributed by atoms with Crippen LogP contribution in [0, 0.1) is 6.92 Å². The number of thiocarbonyl (C=S) groups is 1. The molecule has 0 radical (unpaired) electrons. The fourth-order valence-corrected chi connectivity index (χ4v) is 2.79. The lowest BCUT2D eigenvalue weighted by Gasteiger charge is -2.12. The molecule has 6 heteroatoms. The van der Waals surface area contributed by atoms with Gasteiger partial charge in [0.25, 0.3) is 0 Å². The average Bonchev–Trinajstić information content (AvgIpc) is 2.37. The Morgan fingerprint density at radius 3 is 2.50 bits per heavy atom. The maximum absolute atomic E-state index is 6.14. The molecule has 2 rings (SSSR count). The summed E-state index contributed by atoms with van der Waals surface area (Å²) in [6, 6.07) is 11.5. The molecule has 0 aliphatic carbocycles. The monoisotopic (exact) mass is 432 g/mol. The quantitative estimate of drug-likeness (QED) is 0.569. The largest absolute Gasteiger partial charge is 0.332 e. The van der Waals surface area contributed by atoms with Crippen LogP contribution in [-0.2, 0) is 0 Å². The van der Waals surface area contributed by atoms with E-state index in [4.69, 9.17) is 23.8 Å². The van der Waals surface area contributed by atoms with Crippen molar-refractivity contribution < 1.29 is 0 Å². The lowest BCUT2D eigenvalue weighted by Crippen LogP contribution is -2.19. The van der Waals surface area contributed by atoms with Crippen LogP contribution in [0.2, 0.25) is 5.02 Å². The van der Waals surface area contributed by atoms with Crippen molar-refractivity contribution in [2.24, 2.45) is 0 Å². The van der Waals surface area contributed by atoms with Crippen molar-refractivity contribution in [1.82, 2.24) is 0 Å². The van der Waals surface area contributed by atoms with Crippen molar-refractivity contribution in [3.05, 3.63) is 55.9 Å². The minimum atomic E-state index is 0.496. The number of nitrogens with one attached hydrogen (secondary N) is 2. The molecule has 0 heterocycles. The summed E-state index contributed by atoms with van der Waals surface area (Å²) in [5.74, 6) is 0. The highest BCUT2D eigenvalue weighted by atomic mass is 79.9. The molecule has 0 atom stereocenters. The van der Waals surface area contributed by atoms with E-state index in [1.54, 1.807) is 0 Å². The maximum atomic E-state index is 6.14. The van der Waals surface area contributed by atoms with Gasteiger partial charge in [0.2, 0.25) is 0 Å². The predicted molar refractivity (Wildman–Crippen MR) is 97.9 cm³/mol. The molecule has 0 spiro atoms. The van der Waals surface area contributed by atoms with E-state index >= 15 is 0 Å². The third kappa shape index (κ3) is 4.19. The summed E-state index contributed by atoms with van der Waals surface area (Å²) in [7, 11) is 0. The zero-order valence-corrected chi connectivity index (χ0v) is 15.3. The molecule has 2 aromatic rings. The van der Waals surface area contributed by atoms with Crippen LogP contribution in [0.1, 0.15) is 5.56 Å². The van der Waals surface area contributed by atoms with Crippen molar-refractivity contribution in [3.8, 4) is 0 Å². The second-order valence-corrected chi connectivity index (χ2v) is 6.75. The van der Waals surface area contributed by atoms with Crippen LogP contribution in [0.3, 0.4) is 0 Å². The van der Waals surface area contributed by atoms with Gasteiger partial charge in [0, 0.05) is 14.6 Å². The lowest BCUT2D eigenvalue weighted by atomic mass is 10.2. The first-order valence-electron chi connectivity index (χ1n) is 5.75. The molecular weight excluding hydrogens is 423 g/mol. The number of aryl methyl sites for hydroxylation is 1. The lowest BCUT2D eigenvalue weighted by molar-refractivity contribution is 1.43. The van der Waals surface area contributed by atoms with E-state index in [9.17, 15) is 0 Å². The van der Waals surface area contributed by atoms with Gasteiger partial charge < -0.3 is 10.6 Å². The summed E-state index contributed by atoms with van der Waals surface area (Å²) in [6.45, 7) is 2.03. The van der Waals surface area contributed by atoms with Crippen molar-refractivity contribution in [3.63, 3.8) is 0 Å². The topological polar surface area (TPSA) is 24.1 Å². The third-order valence-electron chi connectivity index (χ3n) is 2.60. The van der Waals surface area contributed by atoms with E-state index in [1.165, 1.54) is 0 Å². The van der Waals surface area contributed by atoms with Gasteiger partial charge in [-0.1, -0.05) is 43.5 Å². The van der Waals surface area contributed by atoms with E-state index in [-0.39, 0.29) is 0 Å². The Morgan fingerprint density at radius 1 is 1.10 bits per heavy atom. The van der Waals surface area contributed by atoms with E-state index in [2.05, 4.69) is 42.5 Å². The Hall–Kier alpha value is -0.620. The molecule has 0 bridgehead atoms. The maximum Gasteiger partial charge on any atom is 0.175 e. The highest BCUT2D eigenvalue weighted by Crippen LogP contribution is 2.26. The Balaban J connectivity index is 2.07. The fraction of sp³-hybridized carbons (Fsp3) is 0.0714. The summed E-state index contributed by atoms with van der Waals surface area (Å²) >= 11 is 18.3. The van der Waals surface area contributed by atoms with Crippen LogP contribution in [0.15, 0.2) is 45.3 Å². The molecule has 20 heavy (non-hydrogen) atoms. The van der Waals surface area contributed by atoms with Crippen LogP contribution < -0.4 is 10.6 Å². The first-order valence-corrected chi connectivity index (χ1v) is 8.12. The van der Waals surface area contributed by atoms with E-state index in [0.29, 0.717) is 10.1 Å². The highest BCUT2D eigenvalue weighted by Gasteiger charge is 2.04. The predicted octanol–water partition coefficient (Wildman–Crippen LogP) is 5.98. The molecule has 2 aromatic carbocycles. The highest BCUT2D eigenvalue weighted by molar-refractivity contribution is 9.10. The van der Waals surface area contributed by atoms with Crippen LogP contribution >= 0.6 is 55.7 Å². The van der Waals surface area contributed by atoms with Gasteiger partial charge in [0.1, 0.15) is 0 Å². The second-order valence-electron chi connectivity index (χ2n) is 4.17. The van der Waals surface area contributed by atoms with E-state index in [1.807, 2.05) is 43.3 Å². The van der Waals surface area contributed by atoms with Crippen LogP contribution in [-0.4, -0.2) is 5.11 Å². The van der Waals surface area contributed by atoms with Gasteiger partial charge in [-0.2, -0.15) is 0 Å². The molecule has 0 saturated carbocycles. The van der Waals surface area contributed by atoms with Crippen LogP contribution in [0.25, 0.3) is 0 Å². The Morgan fingerprint density at radius 2 is 1.85 bits per heavy atom. The van der Waals surface area contributed by atoms with E-state index in [0.717, 1.165) is 25.9 Å². The van der Waals surface area contributed by atoms with Crippen LogP contribution in [0.4, 0.5) is 11.4 Å². The van der Waals surface area contributed by atoms with Gasteiger partial charge >= 0.3 is 0 Å². The van der Waals surface area contributed by atoms with Gasteiger partial charge in [-0.05, 0) is 61.1 Å². The van der Waals surface area contributed by atoms with Crippen molar-refractivity contribution in [1.29, 1.82) is 0 Å². The first-order chi connectivity index (χ1) is 9.45. The number of anilines is 2. The third-order valence-corrected chi connectivity index (χ3v) is 4.49. The number of hydrogen-bond donors (Lipinski definition) is 2.